The quantitative estimate of drug-likeness (QED) is 0.930. The molecule has 0 aliphatic carbocycles. The molecule has 1 aromatic carbocycles. The van der Waals surface area contributed by atoms with E-state index in [1.165, 1.54) is 5.56 Å². The highest BCUT2D eigenvalue weighted by molar-refractivity contribution is 9.10. The molecule has 1 aliphatic heterocycles. The van der Waals surface area contributed by atoms with Crippen LogP contribution in [-0.2, 0) is 11.2 Å². The van der Waals surface area contributed by atoms with Crippen LogP contribution in [0, 0.1) is 5.92 Å². The Hall–Kier alpha value is -0.870. The van der Waals surface area contributed by atoms with Gasteiger partial charge in [0, 0.05) is 30.0 Å². The van der Waals surface area contributed by atoms with Gasteiger partial charge in [-0.1, -0.05) is 13.0 Å². The van der Waals surface area contributed by atoms with Gasteiger partial charge in [-0.15, -0.1) is 0 Å². The van der Waals surface area contributed by atoms with E-state index in [-0.39, 0.29) is 18.4 Å². The molecule has 3 nitrogen and oxygen atoms in total. The van der Waals surface area contributed by atoms with Crippen LogP contribution in [0.5, 0.6) is 0 Å². The normalized spacial score (nSPS) is 20.1. The van der Waals surface area contributed by atoms with Gasteiger partial charge in [0.05, 0.1) is 5.69 Å². The molecule has 2 rings (SSSR count). The summed E-state index contributed by atoms with van der Waals surface area (Å²) in [6.07, 6.45) is 1.42. The summed E-state index contributed by atoms with van der Waals surface area (Å²) >= 11 is 3.51. The zero-order chi connectivity index (χ0) is 12.4. The van der Waals surface area contributed by atoms with E-state index in [0.29, 0.717) is 13.0 Å². The number of benzene rings is 1. The Kier molecular flexibility index (Phi) is 3.84. The predicted molar refractivity (Wildman–Crippen MR) is 71.1 cm³/mol. The van der Waals surface area contributed by atoms with Gasteiger partial charge in [-0.2, -0.15) is 0 Å². The second-order valence-corrected chi connectivity index (χ2v) is 5.25. The first kappa shape index (κ1) is 12.6. The number of aliphatic hydroxyl groups excluding tert-OH is 1. The van der Waals surface area contributed by atoms with E-state index in [2.05, 4.69) is 28.9 Å². The first-order valence-electron chi connectivity index (χ1n) is 5.85. The summed E-state index contributed by atoms with van der Waals surface area (Å²) in [6, 6.07) is 6.06. The molecule has 1 atom stereocenters. The minimum absolute atomic E-state index is 0.0697. The van der Waals surface area contributed by atoms with Gasteiger partial charge in [0.15, 0.2) is 0 Å². The van der Waals surface area contributed by atoms with E-state index in [9.17, 15) is 4.79 Å². The van der Waals surface area contributed by atoms with Crippen molar-refractivity contribution in [3.63, 3.8) is 0 Å². The number of nitrogens with zero attached hydrogens (tertiary/aromatic N) is 1. The fourth-order valence-electron chi connectivity index (χ4n) is 2.13. The molecule has 92 valence electrons. The molecule has 0 radical (unpaired) electrons. The maximum Gasteiger partial charge on any atom is 0.227 e. The number of aliphatic hydroxyl groups is 1. The summed E-state index contributed by atoms with van der Waals surface area (Å²) in [5.41, 5.74) is 2.15. The molecule has 1 aliphatic rings. The third kappa shape index (κ3) is 2.53. The molecular formula is C13H16BrNO2. The van der Waals surface area contributed by atoms with E-state index >= 15 is 0 Å². The van der Waals surface area contributed by atoms with Crippen molar-refractivity contribution >= 4 is 27.5 Å². The minimum atomic E-state index is 0.0697. The maximum absolute atomic E-state index is 11.8. The Labute approximate surface area is 110 Å². The molecule has 0 bridgehead atoms. The van der Waals surface area contributed by atoms with Crippen LogP contribution < -0.4 is 4.90 Å². The van der Waals surface area contributed by atoms with Crippen LogP contribution in [0.25, 0.3) is 0 Å². The number of halogens is 1. The lowest BCUT2D eigenvalue weighted by atomic mass is 10.1. The van der Waals surface area contributed by atoms with E-state index < -0.39 is 0 Å². The van der Waals surface area contributed by atoms with Crippen LogP contribution in [0.4, 0.5) is 5.69 Å². The Morgan fingerprint density at radius 2 is 2.29 bits per heavy atom. The average molecular weight is 298 g/mol. The number of anilines is 1. The lowest BCUT2D eigenvalue weighted by Crippen LogP contribution is -2.25. The van der Waals surface area contributed by atoms with Gasteiger partial charge in [0.2, 0.25) is 5.91 Å². The number of carbonyl (C=O) groups is 1. The van der Waals surface area contributed by atoms with Crippen molar-refractivity contribution in [3.05, 3.63) is 28.2 Å². The summed E-state index contributed by atoms with van der Waals surface area (Å²) < 4.78 is 0.948. The number of rotatable bonds is 3. The van der Waals surface area contributed by atoms with Crippen molar-refractivity contribution in [2.24, 2.45) is 5.92 Å². The van der Waals surface area contributed by atoms with Crippen molar-refractivity contribution < 1.29 is 9.90 Å². The second kappa shape index (κ2) is 5.19. The largest absolute Gasteiger partial charge is 0.396 e. The highest BCUT2D eigenvalue weighted by Crippen LogP contribution is 2.32. The molecule has 1 saturated heterocycles. The number of amides is 1. The summed E-state index contributed by atoms with van der Waals surface area (Å²) in [4.78, 5) is 13.6. The maximum atomic E-state index is 11.8. The monoisotopic (exact) mass is 297 g/mol. The van der Waals surface area contributed by atoms with Crippen LogP contribution in [0.3, 0.4) is 0 Å². The number of hydrogen-bond acceptors (Lipinski definition) is 2. The van der Waals surface area contributed by atoms with Crippen LogP contribution in [0.2, 0.25) is 0 Å². The van der Waals surface area contributed by atoms with Crippen LogP contribution >= 0.6 is 15.9 Å². The lowest BCUT2D eigenvalue weighted by Gasteiger charge is -2.18. The third-order valence-corrected chi connectivity index (χ3v) is 3.81. The summed E-state index contributed by atoms with van der Waals surface area (Å²) in [5.74, 6) is 0.161. The van der Waals surface area contributed by atoms with Gasteiger partial charge in [0.1, 0.15) is 0 Å². The third-order valence-electron chi connectivity index (χ3n) is 3.17. The van der Waals surface area contributed by atoms with E-state index in [4.69, 9.17) is 5.11 Å². The fraction of sp³-hybridized carbons (Fsp3) is 0.462. The van der Waals surface area contributed by atoms with Crippen molar-refractivity contribution in [1.29, 1.82) is 0 Å². The Morgan fingerprint density at radius 1 is 1.53 bits per heavy atom. The Balaban J connectivity index is 2.26. The molecule has 1 aromatic rings. The predicted octanol–water partition coefficient (Wildman–Crippen LogP) is 2.36. The smallest absolute Gasteiger partial charge is 0.227 e. The van der Waals surface area contributed by atoms with E-state index in [0.717, 1.165) is 16.6 Å². The van der Waals surface area contributed by atoms with Crippen molar-refractivity contribution in [2.45, 2.75) is 19.8 Å². The first-order chi connectivity index (χ1) is 8.15. The topological polar surface area (TPSA) is 40.5 Å². The number of aryl methyl sites for hydroxylation is 1. The minimum Gasteiger partial charge on any atom is -0.396 e. The second-order valence-electron chi connectivity index (χ2n) is 4.40. The molecule has 1 unspecified atom stereocenters. The average Bonchev–Trinajstić information content (AvgIpc) is 2.70. The zero-order valence-electron chi connectivity index (χ0n) is 9.82. The molecule has 17 heavy (non-hydrogen) atoms. The Bertz CT molecular complexity index is 433. The van der Waals surface area contributed by atoms with Gasteiger partial charge in [-0.05, 0) is 40.0 Å². The molecule has 0 spiro atoms. The van der Waals surface area contributed by atoms with Crippen molar-refractivity contribution in [2.75, 3.05) is 18.1 Å². The fourth-order valence-corrected chi connectivity index (χ4v) is 2.77. The molecule has 1 fully saturated rings. The van der Waals surface area contributed by atoms with Crippen molar-refractivity contribution in [1.82, 2.24) is 0 Å². The molecule has 1 N–H and O–H groups in total. The molecular weight excluding hydrogens is 282 g/mol. The molecule has 0 saturated carbocycles. The summed E-state index contributed by atoms with van der Waals surface area (Å²) in [7, 11) is 0. The van der Waals surface area contributed by atoms with Gasteiger partial charge in [-0.25, -0.2) is 0 Å². The number of carbonyl (C=O) groups excluding carboxylic acids is 1. The van der Waals surface area contributed by atoms with Crippen LogP contribution in [-0.4, -0.2) is 24.2 Å². The molecule has 1 amide bonds. The molecule has 0 aromatic heterocycles. The Morgan fingerprint density at radius 3 is 2.82 bits per heavy atom. The lowest BCUT2D eigenvalue weighted by molar-refractivity contribution is -0.117. The number of hydrogen-bond donors (Lipinski definition) is 1. The van der Waals surface area contributed by atoms with Gasteiger partial charge >= 0.3 is 0 Å². The molecule has 4 heteroatoms. The van der Waals surface area contributed by atoms with Gasteiger partial charge in [0.25, 0.3) is 0 Å². The van der Waals surface area contributed by atoms with Crippen LogP contribution in [0.1, 0.15) is 18.9 Å². The van der Waals surface area contributed by atoms with Gasteiger partial charge in [-0.3, -0.25) is 4.79 Å². The summed E-state index contributed by atoms with van der Waals surface area (Å²) in [5, 5.41) is 9.11. The van der Waals surface area contributed by atoms with Crippen molar-refractivity contribution in [3.8, 4) is 0 Å². The van der Waals surface area contributed by atoms with E-state index in [1.807, 2.05) is 12.1 Å². The molecule has 1 heterocycles. The first-order valence-corrected chi connectivity index (χ1v) is 6.64. The summed E-state index contributed by atoms with van der Waals surface area (Å²) in [6.45, 7) is 2.79. The van der Waals surface area contributed by atoms with Gasteiger partial charge < -0.3 is 10.0 Å². The SMILES string of the molecule is CCc1ccc(N2CC(CO)CC2=O)c(Br)c1. The standard InChI is InChI=1S/C13H16BrNO2/c1-2-9-3-4-12(11(14)5-9)15-7-10(8-16)6-13(15)17/h3-5,10,16H,2,6-8H2,1H3. The highest BCUT2D eigenvalue weighted by atomic mass is 79.9. The zero-order valence-corrected chi connectivity index (χ0v) is 11.4. The van der Waals surface area contributed by atoms with E-state index in [1.54, 1.807) is 4.90 Å². The van der Waals surface area contributed by atoms with Crippen LogP contribution in [0.15, 0.2) is 22.7 Å². The highest BCUT2D eigenvalue weighted by Gasteiger charge is 2.30.